The van der Waals surface area contributed by atoms with E-state index >= 15 is 0 Å². The minimum Gasteiger partial charge on any atom is -0.383 e. The molecule has 1 saturated heterocycles. The number of nitrogens with one attached hydrogen (secondary N) is 1. The third-order valence-electron chi connectivity index (χ3n) is 4.53. The predicted molar refractivity (Wildman–Crippen MR) is 96.6 cm³/mol. The van der Waals surface area contributed by atoms with Crippen molar-refractivity contribution in [2.24, 2.45) is 5.92 Å². The summed E-state index contributed by atoms with van der Waals surface area (Å²) in [5.41, 5.74) is 1.63. The van der Waals surface area contributed by atoms with E-state index in [1.807, 2.05) is 35.2 Å². The predicted octanol–water partition coefficient (Wildman–Crippen LogP) is 2.72. The van der Waals surface area contributed by atoms with Crippen molar-refractivity contribution in [2.45, 2.75) is 19.5 Å². The average molecular weight is 341 g/mol. The van der Waals surface area contributed by atoms with Crippen molar-refractivity contribution in [2.75, 3.05) is 25.6 Å². The van der Waals surface area contributed by atoms with Gasteiger partial charge in [0, 0.05) is 32.5 Å². The van der Waals surface area contributed by atoms with Crippen molar-refractivity contribution in [3.05, 3.63) is 64.6 Å². The molecule has 1 fully saturated rings. The summed E-state index contributed by atoms with van der Waals surface area (Å²) in [5, 5.41) is 2.89. The van der Waals surface area contributed by atoms with Gasteiger partial charge >= 0.3 is 6.03 Å². The van der Waals surface area contributed by atoms with Gasteiger partial charge < -0.3 is 19.5 Å². The van der Waals surface area contributed by atoms with Gasteiger partial charge in [-0.25, -0.2) is 4.79 Å². The fourth-order valence-electron chi connectivity index (χ4n) is 3.23. The van der Waals surface area contributed by atoms with Crippen molar-refractivity contribution in [1.29, 1.82) is 0 Å². The largest absolute Gasteiger partial charge is 0.383 e. The molecule has 1 aromatic carbocycles. The monoisotopic (exact) mass is 341 g/mol. The molecule has 3 rings (SSSR count). The number of pyridine rings is 1. The number of methoxy groups -OCH3 is 1. The van der Waals surface area contributed by atoms with Gasteiger partial charge in [-0.3, -0.25) is 4.79 Å². The Labute approximate surface area is 147 Å². The summed E-state index contributed by atoms with van der Waals surface area (Å²) in [6.07, 6.45) is 1.65. The molecule has 2 heterocycles. The third-order valence-corrected chi connectivity index (χ3v) is 4.53. The highest BCUT2D eigenvalue weighted by Crippen LogP contribution is 2.38. The minimum absolute atomic E-state index is 0.0839. The second-order valence-corrected chi connectivity index (χ2v) is 6.36. The van der Waals surface area contributed by atoms with Crippen molar-refractivity contribution < 1.29 is 9.53 Å². The Morgan fingerprint density at radius 3 is 2.68 bits per heavy atom. The number of urea groups is 1. The first-order valence-corrected chi connectivity index (χ1v) is 8.42. The van der Waals surface area contributed by atoms with E-state index in [2.05, 4.69) is 12.2 Å². The standard InChI is InChI=1S/C19H23N3O3/c1-14-12-22(18(14)15-6-4-3-5-7-15)19(24)20-16-8-9-17(23)21(13-16)10-11-25-2/h3-9,13-14,18H,10-12H2,1-2H3,(H,20,24). The number of anilines is 1. The third kappa shape index (κ3) is 3.74. The van der Waals surface area contributed by atoms with Gasteiger partial charge in [-0.15, -0.1) is 0 Å². The Kier molecular flexibility index (Phi) is 5.19. The van der Waals surface area contributed by atoms with E-state index in [-0.39, 0.29) is 17.6 Å². The van der Waals surface area contributed by atoms with Crippen LogP contribution in [0.5, 0.6) is 0 Å². The van der Waals surface area contributed by atoms with Gasteiger partial charge in [-0.2, -0.15) is 0 Å². The molecule has 6 heteroatoms. The molecule has 2 amide bonds. The molecule has 0 radical (unpaired) electrons. The molecule has 0 bridgehead atoms. The molecule has 0 aliphatic carbocycles. The van der Waals surface area contributed by atoms with Crippen LogP contribution in [0.25, 0.3) is 0 Å². The van der Waals surface area contributed by atoms with Crippen LogP contribution in [0.1, 0.15) is 18.5 Å². The van der Waals surface area contributed by atoms with Crippen LogP contribution < -0.4 is 10.9 Å². The Hall–Kier alpha value is -2.60. The van der Waals surface area contributed by atoms with Gasteiger partial charge in [0.1, 0.15) is 0 Å². The summed E-state index contributed by atoms with van der Waals surface area (Å²) < 4.78 is 6.54. The lowest BCUT2D eigenvalue weighted by Gasteiger charge is -2.46. The first kappa shape index (κ1) is 17.2. The average Bonchev–Trinajstić information content (AvgIpc) is 2.60. The molecule has 132 valence electrons. The van der Waals surface area contributed by atoms with E-state index in [4.69, 9.17) is 4.74 Å². The number of hydrogen-bond donors (Lipinski definition) is 1. The molecule has 0 spiro atoms. The quantitative estimate of drug-likeness (QED) is 0.909. The summed E-state index contributed by atoms with van der Waals surface area (Å²) in [5.74, 6) is 0.420. The summed E-state index contributed by atoms with van der Waals surface area (Å²) in [6, 6.07) is 13.1. The van der Waals surface area contributed by atoms with Gasteiger partial charge in [-0.05, 0) is 17.5 Å². The topological polar surface area (TPSA) is 63.6 Å². The molecule has 2 unspecified atom stereocenters. The number of carbonyl (C=O) groups excluding carboxylic acids is 1. The lowest BCUT2D eigenvalue weighted by Crippen LogP contribution is -2.53. The van der Waals surface area contributed by atoms with Crippen LogP contribution in [-0.2, 0) is 11.3 Å². The highest BCUT2D eigenvalue weighted by molar-refractivity contribution is 5.90. The van der Waals surface area contributed by atoms with E-state index in [1.54, 1.807) is 19.4 Å². The molecule has 25 heavy (non-hydrogen) atoms. The minimum atomic E-state index is -0.149. The first-order valence-electron chi connectivity index (χ1n) is 8.42. The van der Waals surface area contributed by atoms with Crippen LogP contribution in [-0.4, -0.2) is 35.8 Å². The van der Waals surface area contributed by atoms with E-state index in [1.165, 1.54) is 10.6 Å². The Morgan fingerprint density at radius 1 is 1.24 bits per heavy atom. The lowest BCUT2D eigenvalue weighted by atomic mass is 9.85. The van der Waals surface area contributed by atoms with Crippen molar-refractivity contribution in [1.82, 2.24) is 9.47 Å². The van der Waals surface area contributed by atoms with Crippen LogP contribution in [0.4, 0.5) is 10.5 Å². The van der Waals surface area contributed by atoms with E-state index in [0.29, 0.717) is 31.3 Å². The number of benzene rings is 1. The maximum atomic E-state index is 12.6. The van der Waals surface area contributed by atoms with Crippen molar-refractivity contribution in [3.63, 3.8) is 0 Å². The summed E-state index contributed by atoms with van der Waals surface area (Å²) in [7, 11) is 1.59. The van der Waals surface area contributed by atoms with Crippen molar-refractivity contribution >= 4 is 11.7 Å². The summed E-state index contributed by atoms with van der Waals surface area (Å²) >= 11 is 0. The SMILES string of the molecule is COCCn1cc(NC(=O)N2CC(C)C2c2ccccc2)ccc1=O. The van der Waals surface area contributed by atoms with Gasteiger partial charge in [0.2, 0.25) is 0 Å². The molecule has 1 aliphatic rings. The molecular formula is C19H23N3O3. The molecule has 1 aliphatic heterocycles. The van der Waals surface area contributed by atoms with Gasteiger partial charge in [0.25, 0.3) is 5.56 Å². The maximum absolute atomic E-state index is 12.6. The van der Waals surface area contributed by atoms with E-state index in [9.17, 15) is 9.59 Å². The number of aromatic nitrogens is 1. The Bertz CT molecular complexity index is 788. The van der Waals surface area contributed by atoms with Gasteiger partial charge in [0.15, 0.2) is 0 Å². The maximum Gasteiger partial charge on any atom is 0.322 e. The fourth-order valence-corrected chi connectivity index (χ4v) is 3.23. The zero-order valence-electron chi connectivity index (χ0n) is 14.5. The van der Waals surface area contributed by atoms with E-state index < -0.39 is 0 Å². The molecule has 1 N–H and O–H groups in total. The normalized spacial score (nSPS) is 19.4. The lowest BCUT2D eigenvalue weighted by molar-refractivity contribution is 0.0671. The van der Waals surface area contributed by atoms with Crippen LogP contribution in [0.2, 0.25) is 0 Å². The van der Waals surface area contributed by atoms with Gasteiger partial charge in [0.05, 0.1) is 18.3 Å². The Morgan fingerprint density at radius 2 is 2.00 bits per heavy atom. The van der Waals surface area contributed by atoms with E-state index in [0.717, 1.165) is 5.56 Å². The molecule has 0 saturated carbocycles. The fraction of sp³-hybridized carbons (Fsp3) is 0.368. The number of rotatable bonds is 5. The van der Waals surface area contributed by atoms with Gasteiger partial charge in [-0.1, -0.05) is 37.3 Å². The summed E-state index contributed by atoms with van der Waals surface area (Å²) in [4.78, 5) is 26.3. The molecular weight excluding hydrogens is 318 g/mol. The number of amides is 2. The zero-order chi connectivity index (χ0) is 17.8. The number of carbonyl (C=O) groups is 1. The van der Waals surface area contributed by atoms with Crippen LogP contribution in [0.3, 0.4) is 0 Å². The van der Waals surface area contributed by atoms with Crippen LogP contribution >= 0.6 is 0 Å². The second kappa shape index (κ2) is 7.53. The smallest absolute Gasteiger partial charge is 0.322 e. The molecule has 2 aromatic rings. The van der Waals surface area contributed by atoms with Crippen molar-refractivity contribution in [3.8, 4) is 0 Å². The number of hydrogen-bond acceptors (Lipinski definition) is 3. The number of likely N-dealkylation sites (tertiary alicyclic amines) is 1. The number of ether oxygens (including phenoxy) is 1. The Balaban J connectivity index is 1.71. The highest BCUT2D eigenvalue weighted by atomic mass is 16.5. The number of nitrogens with zero attached hydrogens (tertiary/aromatic N) is 2. The molecule has 6 nitrogen and oxygen atoms in total. The zero-order valence-corrected chi connectivity index (χ0v) is 14.5. The van der Waals surface area contributed by atoms with Crippen LogP contribution in [0.15, 0.2) is 53.5 Å². The molecule has 1 aromatic heterocycles. The molecule has 2 atom stereocenters. The second-order valence-electron chi connectivity index (χ2n) is 6.36. The summed E-state index contributed by atoms with van der Waals surface area (Å²) in [6.45, 7) is 3.75. The first-order chi connectivity index (χ1) is 12.1. The highest BCUT2D eigenvalue weighted by Gasteiger charge is 2.39. The van der Waals surface area contributed by atoms with Crippen LogP contribution in [0, 0.1) is 5.92 Å².